The van der Waals surface area contributed by atoms with Crippen molar-refractivity contribution in [1.82, 2.24) is 10.2 Å². The Hall–Kier alpha value is -0.640. The smallest absolute Gasteiger partial charge is 0.123 e. The average Bonchev–Trinajstić information content (AvgIpc) is 2.94. The highest BCUT2D eigenvalue weighted by Crippen LogP contribution is 2.39. The fourth-order valence-electron chi connectivity index (χ4n) is 3.71. The summed E-state index contributed by atoms with van der Waals surface area (Å²) in [4.78, 5) is 2.56. The van der Waals surface area contributed by atoms with Gasteiger partial charge in [0.05, 0.1) is 0 Å². The van der Waals surface area contributed by atoms with Crippen LogP contribution in [0.4, 0.5) is 4.39 Å². The van der Waals surface area contributed by atoms with Crippen molar-refractivity contribution in [3.8, 4) is 0 Å². The van der Waals surface area contributed by atoms with Gasteiger partial charge >= 0.3 is 0 Å². The molecule has 0 aromatic heterocycles. The minimum atomic E-state index is -0.101. The second kappa shape index (κ2) is 7.39. The molecule has 112 valence electrons. The quantitative estimate of drug-likeness (QED) is 0.920. The maximum Gasteiger partial charge on any atom is 0.123 e. The highest BCUT2D eigenvalue weighted by atomic mass is 35.5. The van der Waals surface area contributed by atoms with Crippen molar-refractivity contribution in [2.75, 3.05) is 26.2 Å². The van der Waals surface area contributed by atoms with E-state index in [4.69, 9.17) is 0 Å². The molecule has 1 aromatic rings. The maximum absolute atomic E-state index is 13.6. The van der Waals surface area contributed by atoms with Gasteiger partial charge < -0.3 is 5.32 Å². The van der Waals surface area contributed by atoms with Crippen molar-refractivity contribution < 1.29 is 4.39 Å². The van der Waals surface area contributed by atoms with Gasteiger partial charge in [0.15, 0.2) is 0 Å². The second-order valence-electron chi connectivity index (χ2n) is 5.83. The summed E-state index contributed by atoms with van der Waals surface area (Å²) in [5.74, 6) is 0.607. The molecule has 1 aromatic carbocycles. The minimum absolute atomic E-state index is 0. The number of nitrogens with zero attached hydrogens (tertiary/aromatic N) is 1. The molecule has 2 fully saturated rings. The third-order valence-electron chi connectivity index (χ3n) is 4.58. The molecule has 0 bridgehead atoms. The number of nitrogens with one attached hydrogen (secondary N) is 1. The van der Waals surface area contributed by atoms with Crippen molar-refractivity contribution in [1.29, 1.82) is 0 Å². The first-order valence-electron chi connectivity index (χ1n) is 7.55. The van der Waals surface area contributed by atoms with Crippen LogP contribution in [0.25, 0.3) is 0 Å². The first-order valence-corrected chi connectivity index (χ1v) is 7.55. The van der Waals surface area contributed by atoms with Gasteiger partial charge in [-0.1, -0.05) is 25.0 Å². The van der Waals surface area contributed by atoms with Gasteiger partial charge in [-0.3, -0.25) is 4.90 Å². The van der Waals surface area contributed by atoms with Crippen molar-refractivity contribution >= 4 is 12.4 Å². The molecule has 0 amide bonds. The van der Waals surface area contributed by atoms with E-state index >= 15 is 0 Å². The summed E-state index contributed by atoms with van der Waals surface area (Å²) >= 11 is 0. The Morgan fingerprint density at radius 2 is 1.85 bits per heavy atom. The van der Waals surface area contributed by atoms with Crippen LogP contribution in [0, 0.1) is 11.7 Å². The number of piperazine rings is 1. The Bertz CT molecular complexity index is 415. The third-order valence-corrected chi connectivity index (χ3v) is 4.58. The summed E-state index contributed by atoms with van der Waals surface area (Å²) < 4.78 is 13.6. The molecule has 1 saturated carbocycles. The van der Waals surface area contributed by atoms with Crippen LogP contribution in [0.15, 0.2) is 24.3 Å². The molecule has 0 unspecified atom stereocenters. The summed E-state index contributed by atoms with van der Waals surface area (Å²) in [6, 6.07) is 7.67. The van der Waals surface area contributed by atoms with Crippen molar-refractivity contribution in [2.24, 2.45) is 5.92 Å². The summed E-state index contributed by atoms with van der Waals surface area (Å²) in [6.45, 7) is 4.27. The van der Waals surface area contributed by atoms with Gasteiger partial charge in [-0.15, -0.1) is 12.4 Å². The monoisotopic (exact) mass is 298 g/mol. The van der Waals surface area contributed by atoms with Crippen LogP contribution in [0.1, 0.15) is 37.3 Å². The first-order chi connectivity index (χ1) is 9.34. The number of benzene rings is 1. The van der Waals surface area contributed by atoms with E-state index in [0.29, 0.717) is 12.0 Å². The fraction of sp³-hybridized carbons (Fsp3) is 0.625. The van der Waals surface area contributed by atoms with E-state index in [1.807, 2.05) is 6.07 Å². The zero-order valence-corrected chi connectivity index (χ0v) is 12.7. The van der Waals surface area contributed by atoms with Gasteiger partial charge in [0.2, 0.25) is 0 Å². The Balaban J connectivity index is 0.00000147. The standard InChI is InChI=1S/C16H23FN2.ClH/c17-15-7-3-6-14(12-15)16(13-4-1-2-5-13)19-10-8-18-9-11-19;/h3,6-7,12-13,16,18H,1-2,4-5,8-11H2;1H/t16-;/m1./s1. The van der Waals surface area contributed by atoms with Gasteiger partial charge in [-0.25, -0.2) is 4.39 Å². The van der Waals surface area contributed by atoms with Crippen molar-refractivity contribution in [2.45, 2.75) is 31.7 Å². The van der Waals surface area contributed by atoms with Crippen LogP contribution in [-0.4, -0.2) is 31.1 Å². The number of hydrogen-bond acceptors (Lipinski definition) is 2. The lowest BCUT2D eigenvalue weighted by Gasteiger charge is -2.38. The third kappa shape index (κ3) is 3.51. The maximum atomic E-state index is 13.6. The van der Waals surface area contributed by atoms with E-state index in [1.165, 1.54) is 31.2 Å². The van der Waals surface area contributed by atoms with Gasteiger partial charge in [0, 0.05) is 32.2 Å². The largest absolute Gasteiger partial charge is 0.314 e. The van der Waals surface area contributed by atoms with Gasteiger partial charge in [-0.2, -0.15) is 0 Å². The molecule has 1 N–H and O–H groups in total. The SMILES string of the molecule is Cl.Fc1cccc([C@@H](C2CCCC2)N2CCNCC2)c1. The summed E-state index contributed by atoms with van der Waals surface area (Å²) in [7, 11) is 0. The topological polar surface area (TPSA) is 15.3 Å². The van der Waals surface area contributed by atoms with Crippen molar-refractivity contribution in [3.63, 3.8) is 0 Å². The lowest BCUT2D eigenvalue weighted by Crippen LogP contribution is -2.46. The molecule has 1 aliphatic heterocycles. The van der Waals surface area contributed by atoms with E-state index in [1.54, 1.807) is 12.1 Å². The van der Waals surface area contributed by atoms with E-state index in [9.17, 15) is 4.39 Å². The molecule has 2 nitrogen and oxygen atoms in total. The Kier molecular flexibility index (Phi) is 5.82. The molecule has 1 atom stereocenters. The van der Waals surface area contributed by atoms with Crippen LogP contribution < -0.4 is 5.32 Å². The number of rotatable bonds is 3. The van der Waals surface area contributed by atoms with E-state index in [2.05, 4.69) is 16.3 Å². The summed E-state index contributed by atoms with van der Waals surface area (Å²) in [5, 5.41) is 3.41. The predicted octanol–water partition coefficient (Wildman–Crippen LogP) is 3.38. The zero-order valence-electron chi connectivity index (χ0n) is 11.9. The molecular formula is C16H24ClFN2. The van der Waals surface area contributed by atoms with Crippen LogP contribution in [0.5, 0.6) is 0 Å². The Morgan fingerprint density at radius 3 is 2.50 bits per heavy atom. The molecule has 2 aliphatic rings. The number of halogens is 2. The van der Waals surface area contributed by atoms with Crippen molar-refractivity contribution in [3.05, 3.63) is 35.6 Å². The highest BCUT2D eigenvalue weighted by molar-refractivity contribution is 5.85. The normalized spacial score (nSPS) is 22.4. The highest BCUT2D eigenvalue weighted by Gasteiger charge is 2.31. The molecule has 4 heteroatoms. The van der Waals surface area contributed by atoms with Crippen LogP contribution in [0.2, 0.25) is 0 Å². The Labute approximate surface area is 127 Å². The molecule has 1 aliphatic carbocycles. The van der Waals surface area contributed by atoms with Crippen LogP contribution in [-0.2, 0) is 0 Å². The molecule has 1 heterocycles. The average molecular weight is 299 g/mol. The molecule has 0 radical (unpaired) electrons. The predicted molar refractivity (Wildman–Crippen MR) is 82.8 cm³/mol. The lowest BCUT2D eigenvalue weighted by molar-refractivity contribution is 0.125. The first kappa shape index (κ1) is 15.7. The van der Waals surface area contributed by atoms with Crippen LogP contribution >= 0.6 is 12.4 Å². The summed E-state index contributed by atoms with van der Waals surface area (Å²) in [5.41, 5.74) is 1.17. The minimum Gasteiger partial charge on any atom is -0.314 e. The van der Waals surface area contributed by atoms with E-state index in [-0.39, 0.29) is 18.2 Å². The van der Waals surface area contributed by atoms with E-state index in [0.717, 1.165) is 26.2 Å². The van der Waals surface area contributed by atoms with E-state index < -0.39 is 0 Å². The number of hydrogen-bond donors (Lipinski definition) is 1. The molecule has 0 spiro atoms. The molecular weight excluding hydrogens is 275 g/mol. The molecule has 3 rings (SSSR count). The fourth-order valence-corrected chi connectivity index (χ4v) is 3.71. The van der Waals surface area contributed by atoms with Gasteiger partial charge in [0.25, 0.3) is 0 Å². The zero-order chi connectivity index (χ0) is 13.1. The van der Waals surface area contributed by atoms with Gasteiger partial charge in [0.1, 0.15) is 5.82 Å². The van der Waals surface area contributed by atoms with Gasteiger partial charge in [-0.05, 0) is 36.5 Å². The molecule has 1 saturated heterocycles. The van der Waals surface area contributed by atoms with Crippen LogP contribution in [0.3, 0.4) is 0 Å². The summed E-state index contributed by atoms with van der Waals surface area (Å²) in [6.07, 6.45) is 5.27. The lowest BCUT2D eigenvalue weighted by atomic mass is 9.89. The second-order valence-corrected chi connectivity index (χ2v) is 5.83. The molecule has 20 heavy (non-hydrogen) atoms. The Morgan fingerprint density at radius 1 is 1.15 bits per heavy atom.